The van der Waals surface area contributed by atoms with E-state index in [1.165, 1.54) is 0 Å². The molecule has 0 aliphatic carbocycles. The number of piperidine rings is 1. The number of carbonyl (C=O) groups is 2. The summed E-state index contributed by atoms with van der Waals surface area (Å²) in [6.45, 7) is 3.76. The first-order valence-corrected chi connectivity index (χ1v) is 10.2. The van der Waals surface area contributed by atoms with Crippen molar-refractivity contribution in [3.8, 4) is 11.3 Å². The van der Waals surface area contributed by atoms with E-state index in [0.717, 1.165) is 42.4 Å². The first kappa shape index (κ1) is 20.7. The summed E-state index contributed by atoms with van der Waals surface area (Å²) in [7, 11) is 2.04. The number of likely N-dealkylation sites (tertiary alicyclic amines) is 1. The number of nitrogens with zero attached hydrogens (tertiary/aromatic N) is 4. The van der Waals surface area contributed by atoms with Crippen LogP contribution in [0.1, 0.15) is 18.4 Å². The molecule has 1 saturated heterocycles. The number of nitrogens with two attached hydrogens (primary N) is 1. The van der Waals surface area contributed by atoms with Crippen LogP contribution >= 0.6 is 0 Å². The van der Waals surface area contributed by atoms with Crippen molar-refractivity contribution in [2.75, 3.05) is 31.2 Å². The van der Waals surface area contributed by atoms with Crippen LogP contribution in [-0.2, 0) is 9.59 Å². The first-order chi connectivity index (χ1) is 14.9. The molecular weight excluding hydrogens is 394 g/mol. The van der Waals surface area contributed by atoms with Crippen LogP contribution in [0, 0.1) is 6.92 Å². The highest BCUT2D eigenvalue weighted by Gasteiger charge is 2.22. The second-order valence-corrected chi connectivity index (χ2v) is 7.88. The van der Waals surface area contributed by atoms with Gasteiger partial charge in [-0.1, -0.05) is 0 Å². The number of hydrogen-bond acceptors (Lipinski definition) is 7. The zero-order valence-corrected chi connectivity index (χ0v) is 17.6. The number of carbonyl (C=O) groups excluding carboxylic acids is 2. The average Bonchev–Trinajstić information content (AvgIpc) is 2.75. The van der Waals surface area contributed by atoms with E-state index in [1.54, 1.807) is 24.7 Å². The summed E-state index contributed by atoms with van der Waals surface area (Å²) in [4.78, 5) is 39.7. The summed E-state index contributed by atoms with van der Waals surface area (Å²) in [5.74, 6) is -0.787. The van der Waals surface area contributed by atoms with E-state index in [9.17, 15) is 9.59 Å². The maximum absolute atomic E-state index is 12.4. The Morgan fingerprint density at radius 3 is 2.68 bits per heavy atom. The van der Waals surface area contributed by atoms with Gasteiger partial charge in [0.25, 0.3) is 0 Å². The standard InChI is InChI=1S/C22H25N7O2/c1-13-3-6-24-11-16(13)18-9-14-10-19(25-12-17(14)20(23)27-18)28-22(31)21(30)26-15-4-7-29(2)8-5-15/h3,6,9-12,15H,4-5,7-8H2,1-2H3,(H2,23,27)(H,26,30)(H,25,28,31). The summed E-state index contributed by atoms with van der Waals surface area (Å²) in [5, 5.41) is 6.80. The first-order valence-electron chi connectivity index (χ1n) is 10.2. The minimum Gasteiger partial charge on any atom is -0.383 e. The normalized spacial score (nSPS) is 15.0. The van der Waals surface area contributed by atoms with E-state index in [2.05, 4.69) is 30.5 Å². The van der Waals surface area contributed by atoms with Crippen LogP contribution in [0.3, 0.4) is 0 Å². The molecule has 160 valence electrons. The highest BCUT2D eigenvalue weighted by atomic mass is 16.2. The molecule has 1 aliphatic heterocycles. The fourth-order valence-electron chi connectivity index (χ4n) is 3.69. The molecule has 0 bridgehead atoms. The third-order valence-electron chi connectivity index (χ3n) is 5.56. The van der Waals surface area contributed by atoms with Gasteiger partial charge in [0.1, 0.15) is 11.6 Å². The summed E-state index contributed by atoms with van der Waals surface area (Å²) < 4.78 is 0. The lowest BCUT2D eigenvalue weighted by atomic mass is 10.1. The average molecular weight is 419 g/mol. The molecule has 1 aliphatic rings. The van der Waals surface area contributed by atoms with E-state index in [-0.39, 0.29) is 11.9 Å². The van der Waals surface area contributed by atoms with Gasteiger partial charge in [-0.2, -0.15) is 0 Å². The molecular formula is C22H25N7O2. The number of nitrogen functional groups attached to an aromatic ring is 1. The number of amides is 2. The largest absolute Gasteiger partial charge is 0.383 e. The zero-order chi connectivity index (χ0) is 22.0. The summed E-state index contributed by atoms with van der Waals surface area (Å²) in [5.41, 5.74) is 8.71. The van der Waals surface area contributed by atoms with Gasteiger partial charge in [-0.15, -0.1) is 0 Å². The molecule has 0 saturated carbocycles. The lowest BCUT2D eigenvalue weighted by molar-refractivity contribution is -0.136. The van der Waals surface area contributed by atoms with Gasteiger partial charge < -0.3 is 21.3 Å². The molecule has 0 aromatic carbocycles. The molecule has 0 spiro atoms. The zero-order valence-electron chi connectivity index (χ0n) is 17.6. The summed E-state index contributed by atoms with van der Waals surface area (Å²) >= 11 is 0. The Kier molecular flexibility index (Phi) is 5.77. The molecule has 9 heteroatoms. The number of fused-ring (bicyclic) bond motifs is 1. The molecule has 4 rings (SSSR count). The van der Waals surface area contributed by atoms with Crippen molar-refractivity contribution in [3.05, 3.63) is 42.4 Å². The van der Waals surface area contributed by atoms with Crippen LogP contribution in [0.2, 0.25) is 0 Å². The number of aryl methyl sites for hydroxylation is 1. The van der Waals surface area contributed by atoms with Crippen molar-refractivity contribution < 1.29 is 9.59 Å². The van der Waals surface area contributed by atoms with Gasteiger partial charge in [-0.05, 0) is 69.1 Å². The molecule has 0 radical (unpaired) electrons. The predicted molar refractivity (Wildman–Crippen MR) is 119 cm³/mol. The monoisotopic (exact) mass is 419 g/mol. The van der Waals surface area contributed by atoms with Crippen LogP contribution in [0.25, 0.3) is 22.0 Å². The molecule has 4 heterocycles. The number of pyridine rings is 3. The second-order valence-electron chi connectivity index (χ2n) is 7.88. The van der Waals surface area contributed by atoms with Crippen LogP contribution in [-0.4, -0.2) is 57.8 Å². The Balaban J connectivity index is 1.52. The third-order valence-corrected chi connectivity index (χ3v) is 5.56. The Morgan fingerprint density at radius 1 is 1.16 bits per heavy atom. The van der Waals surface area contributed by atoms with E-state index < -0.39 is 11.8 Å². The SMILES string of the molecule is Cc1ccncc1-c1cc2cc(NC(=O)C(=O)NC3CCN(C)CC3)ncc2c(N)n1. The van der Waals surface area contributed by atoms with Crippen LogP contribution in [0.5, 0.6) is 0 Å². The fourth-order valence-corrected chi connectivity index (χ4v) is 3.69. The van der Waals surface area contributed by atoms with Gasteiger partial charge in [0, 0.05) is 35.6 Å². The Hall–Kier alpha value is -3.59. The Labute approximate surface area is 180 Å². The number of nitrogens with one attached hydrogen (secondary N) is 2. The van der Waals surface area contributed by atoms with Gasteiger partial charge in [0.05, 0.1) is 5.69 Å². The minimum atomic E-state index is -0.740. The van der Waals surface area contributed by atoms with E-state index in [4.69, 9.17) is 5.73 Å². The van der Waals surface area contributed by atoms with Crippen molar-refractivity contribution in [1.29, 1.82) is 0 Å². The number of rotatable bonds is 3. The highest BCUT2D eigenvalue weighted by Crippen LogP contribution is 2.28. The molecule has 4 N–H and O–H groups in total. The van der Waals surface area contributed by atoms with E-state index in [1.807, 2.05) is 26.1 Å². The second kappa shape index (κ2) is 8.65. The summed E-state index contributed by atoms with van der Waals surface area (Å²) in [6, 6.07) is 5.46. The molecule has 31 heavy (non-hydrogen) atoms. The van der Waals surface area contributed by atoms with Crippen molar-refractivity contribution >= 4 is 34.2 Å². The number of aromatic nitrogens is 3. The van der Waals surface area contributed by atoms with Crippen LogP contribution in [0.4, 0.5) is 11.6 Å². The van der Waals surface area contributed by atoms with Crippen molar-refractivity contribution in [1.82, 2.24) is 25.2 Å². The quantitative estimate of drug-likeness (QED) is 0.552. The predicted octanol–water partition coefficient (Wildman–Crippen LogP) is 1.73. The third kappa shape index (κ3) is 4.61. The molecule has 2 amide bonds. The maximum Gasteiger partial charge on any atom is 0.314 e. The fraction of sp³-hybridized carbons (Fsp3) is 0.318. The topological polar surface area (TPSA) is 126 Å². The molecule has 9 nitrogen and oxygen atoms in total. The molecule has 3 aromatic rings. The van der Waals surface area contributed by atoms with Crippen molar-refractivity contribution in [3.63, 3.8) is 0 Å². The van der Waals surface area contributed by atoms with E-state index in [0.29, 0.717) is 16.9 Å². The maximum atomic E-state index is 12.4. The lowest BCUT2D eigenvalue weighted by Crippen LogP contribution is -2.46. The molecule has 1 fully saturated rings. The van der Waals surface area contributed by atoms with Gasteiger partial charge in [0.2, 0.25) is 0 Å². The van der Waals surface area contributed by atoms with Crippen LogP contribution < -0.4 is 16.4 Å². The van der Waals surface area contributed by atoms with Gasteiger partial charge in [0.15, 0.2) is 0 Å². The van der Waals surface area contributed by atoms with Crippen molar-refractivity contribution in [2.45, 2.75) is 25.8 Å². The minimum absolute atomic E-state index is 0.00941. The summed E-state index contributed by atoms with van der Waals surface area (Å²) in [6.07, 6.45) is 6.65. The van der Waals surface area contributed by atoms with Crippen molar-refractivity contribution in [2.24, 2.45) is 0 Å². The lowest BCUT2D eigenvalue weighted by Gasteiger charge is -2.29. The smallest absolute Gasteiger partial charge is 0.314 e. The Morgan fingerprint density at radius 2 is 1.94 bits per heavy atom. The number of anilines is 2. The molecule has 0 atom stereocenters. The Bertz CT molecular complexity index is 1140. The van der Waals surface area contributed by atoms with Gasteiger partial charge in [-0.3, -0.25) is 14.6 Å². The highest BCUT2D eigenvalue weighted by molar-refractivity contribution is 6.39. The molecule has 3 aromatic heterocycles. The van der Waals surface area contributed by atoms with E-state index >= 15 is 0 Å². The number of hydrogen-bond donors (Lipinski definition) is 3. The molecule has 0 unspecified atom stereocenters. The van der Waals surface area contributed by atoms with Gasteiger partial charge in [-0.25, -0.2) is 9.97 Å². The van der Waals surface area contributed by atoms with Crippen LogP contribution in [0.15, 0.2) is 36.8 Å². The van der Waals surface area contributed by atoms with Gasteiger partial charge >= 0.3 is 11.8 Å².